The maximum absolute atomic E-state index is 11.8. The number of rotatable bonds is 5. The van der Waals surface area contributed by atoms with Crippen LogP contribution in [0.2, 0.25) is 0 Å². The molecule has 24 heavy (non-hydrogen) atoms. The molecule has 1 aliphatic heterocycles. The van der Waals surface area contributed by atoms with E-state index >= 15 is 0 Å². The number of β-amino-alcohol motifs (C(OH)–C–C–N with tert-alkyl or cyclic N) is 1. The van der Waals surface area contributed by atoms with Gasteiger partial charge in [-0.2, -0.15) is 0 Å². The number of aliphatic hydroxyl groups excluding tert-OH is 1. The number of hydrogen-bond donors (Lipinski definition) is 3. The van der Waals surface area contributed by atoms with Gasteiger partial charge < -0.3 is 20.6 Å². The molecular formula is C19H31N3O2. The fourth-order valence-electron chi connectivity index (χ4n) is 3.02. The molecule has 134 valence electrons. The van der Waals surface area contributed by atoms with Crippen LogP contribution in [-0.2, 0) is 0 Å². The number of nitrogens with one attached hydrogen (secondary N) is 2. The number of urea groups is 1. The molecule has 0 aromatic heterocycles. The van der Waals surface area contributed by atoms with Crippen molar-refractivity contribution in [2.45, 2.75) is 45.3 Å². The molecule has 1 aliphatic rings. The number of aliphatic hydroxyl groups is 1. The summed E-state index contributed by atoms with van der Waals surface area (Å²) in [6.45, 7) is 9.26. The Kier molecular flexibility index (Phi) is 6.63. The Hall–Kier alpha value is -1.59. The van der Waals surface area contributed by atoms with Crippen LogP contribution in [0, 0.1) is 5.92 Å². The second-order valence-electron chi connectivity index (χ2n) is 7.76. The standard InChI is InChI=1S/C19H31N3O2/c1-19(2,3)21-18(24)20-13-15-9-11-22(12-10-15)14-17(23)16-7-5-4-6-8-16/h4-8,15,17,23H,9-14H2,1-3H3,(H2,20,21,24)/t17-/m1/s1. The third-order valence-electron chi connectivity index (χ3n) is 4.36. The Bertz CT molecular complexity index is 505. The van der Waals surface area contributed by atoms with Gasteiger partial charge in [-0.05, 0) is 58.2 Å². The molecule has 2 amide bonds. The van der Waals surface area contributed by atoms with Crippen molar-refractivity contribution in [1.82, 2.24) is 15.5 Å². The van der Waals surface area contributed by atoms with Crippen molar-refractivity contribution in [3.63, 3.8) is 0 Å². The molecule has 3 N–H and O–H groups in total. The van der Waals surface area contributed by atoms with E-state index in [1.807, 2.05) is 51.1 Å². The van der Waals surface area contributed by atoms with E-state index in [0.717, 1.165) is 38.0 Å². The molecular weight excluding hydrogens is 302 g/mol. The summed E-state index contributed by atoms with van der Waals surface area (Å²) < 4.78 is 0. The topological polar surface area (TPSA) is 64.6 Å². The smallest absolute Gasteiger partial charge is 0.315 e. The molecule has 2 rings (SSSR count). The summed E-state index contributed by atoms with van der Waals surface area (Å²) in [5, 5.41) is 16.2. The van der Waals surface area contributed by atoms with Crippen LogP contribution >= 0.6 is 0 Å². The van der Waals surface area contributed by atoms with Gasteiger partial charge in [0, 0.05) is 18.6 Å². The lowest BCUT2D eigenvalue weighted by atomic mass is 9.96. The Morgan fingerprint density at radius 3 is 2.46 bits per heavy atom. The van der Waals surface area contributed by atoms with E-state index < -0.39 is 6.10 Å². The molecule has 1 atom stereocenters. The summed E-state index contributed by atoms with van der Waals surface area (Å²) in [6.07, 6.45) is 1.67. The lowest BCUT2D eigenvalue weighted by Gasteiger charge is -2.33. The van der Waals surface area contributed by atoms with Gasteiger partial charge in [0.1, 0.15) is 0 Å². The lowest BCUT2D eigenvalue weighted by Crippen LogP contribution is -2.48. The van der Waals surface area contributed by atoms with Crippen LogP contribution in [0.5, 0.6) is 0 Å². The molecule has 0 bridgehead atoms. The Morgan fingerprint density at radius 2 is 1.88 bits per heavy atom. The fourth-order valence-corrected chi connectivity index (χ4v) is 3.02. The van der Waals surface area contributed by atoms with E-state index in [4.69, 9.17) is 0 Å². The maximum Gasteiger partial charge on any atom is 0.315 e. The van der Waals surface area contributed by atoms with Gasteiger partial charge in [-0.1, -0.05) is 30.3 Å². The Labute approximate surface area is 145 Å². The first kappa shape index (κ1) is 18.7. The van der Waals surface area contributed by atoms with Gasteiger partial charge >= 0.3 is 6.03 Å². The van der Waals surface area contributed by atoms with E-state index in [9.17, 15) is 9.90 Å². The molecule has 5 heteroatoms. The van der Waals surface area contributed by atoms with E-state index in [1.165, 1.54) is 0 Å². The highest BCUT2D eigenvalue weighted by molar-refractivity contribution is 5.74. The average molecular weight is 333 g/mol. The summed E-state index contributed by atoms with van der Waals surface area (Å²) in [5.74, 6) is 0.515. The predicted octanol–water partition coefficient (Wildman–Crippen LogP) is 2.53. The zero-order chi connectivity index (χ0) is 17.6. The van der Waals surface area contributed by atoms with Gasteiger partial charge in [0.25, 0.3) is 0 Å². The van der Waals surface area contributed by atoms with Crippen LogP contribution in [0.15, 0.2) is 30.3 Å². The first-order valence-corrected chi connectivity index (χ1v) is 8.85. The highest BCUT2D eigenvalue weighted by atomic mass is 16.3. The third kappa shape index (κ3) is 6.49. The van der Waals surface area contributed by atoms with E-state index in [0.29, 0.717) is 12.5 Å². The SMILES string of the molecule is CC(C)(C)NC(=O)NCC1CCN(C[C@@H](O)c2ccccc2)CC1. The molecule has 0 radical (unpaired) electrons. The zero-order valence-corrected chi connectivity index (χ0v) is 15.1. The number of amides is 2. The van der Waals surface area contributed by atoms with E-state index in [1.54, 1.807) is 0 Å². The second-order valence-corrected chi connectivity index (χ2v) is 7.76. The van der Waals surface area contributed by atoms with Gasteiger partial charge in [0.05, 0.1) is 6.10 Å². The highest BCUT2D eigenvalue weighted by Gasteiger charge is 2.22. The van der Waals surface area contributed by atoms with Crippen molar-refractivity contribution >= 4 is 6.03 Å². The minimum atomic E-state index is -0.432. The van der Waals surface area contributed by atoms with E-state index in [-0.39, 0.29) is 11.6 Å². The fraction of sp³-hybridized carbons (Fsp3) is 0.632. The molecule has 0 unspecified atom stereocenters. The van der Waals surface area contributed by atoms with Crippen molar-refractivity contribution < 1.29 is 9.90 Å². The molecule has 0 saturated carbocycles. The van der Waals surface area contributed by atoms with Gasteiger partial charge in [0.2, 0.25) is 0 Å². The Morgan fingerprint density at radius 1 is 1.25 bits per heavy atom. The molecule has 5 nitrogen and oxygen atoms in total. The molecule has 0 aliphatic carbocycles. The molecule has 1 aromatic rings. The Balaban J connectivity index is 1.67. The summed E-state index contributed by atoms with van der Waals surface area (Å²) in [7, 11) is 0. The number of piperidine rings is 1. The van der Waals surface area contributed by atoms with Crippen LogP contribution in [0.25, 0.3) is 0 Å². The molecule has 1 aromatic carbocycles. The van der Waals surface area contributed by atoms with Gasteiger partial charge in [-0.15, -0.1) is 0 Å². The number of carbonyl (C=O) groups is 1. The van der Waals surface area contributed by atoms with Crippen molar-refractivity contribution in [2.24, 2.45) is 5.92 Å². The monoisotopic (exact) mass is 333 g/mol. The number of benzene rings is 1. The second kappa shape index (κ2) is 8.49. The number of nitrogens with zero attached hydrogens (tertiary/aromatic N) is 1. The minimum absolute atomic E-state index is 0.0931. The van der Waals surface area contributed by atoms with Crippen molar-refractivity contribution in [3.8, 4) is 0 Å². The van der Waals surface area contributed by atoms with Crippen LogP contribution in [0.1, 0.15) is 45.3 Å². The molecule has 1 saturated heterocycles. The molecule has 0 spiro atoms. The van der Waals surface area contributed by atoms with Gasteiger partial charge in [0.15, 0.2) is 0 Å². The van der Waals surface area contributed by atoms with Crippen LogP contribution < -0.4 is 10.6 Å². The summed E-state index contributed by atoms with van der Waals surface area (Å²) in [6, 6.07) is 9.72. The summed E-state index contributed by atoms with van der Waals surface area (Å²) in [4.78, 5) is 14.1. The largest absolute Gasteiger partial charge is 0.387 e. The highest BCUT2D eigenvalue weighted by Crippen LogP contribution is 2.20. The summed E-state index contributed by atoms with van der Waals surface area (Å²) in [5.41, 5.74) is 0.765. The lowest BCUT2D eigenvalue weighted by molar-refractivity contribution is 0.0894. The van der Waals surface area contributed by atoms with Crippen LogP contribution in [0.4, 0.5) is 4.79 Å². The van der Waals surface area contributed by atoms with E-state index in [2.05, 4.69) is 15.5 Å². The number of carbonyl (C=O) groups excluding carboxylic acids is 1. The molecule has 1 fully saturated rings. The zero-order valence-electron chi connectivity index (χ0n) is 15.1. The van der Waals surface area contributed by atoms with Crippen molar-refractivity contribution in [2.75, 3.05) is 26.2 Å². The van der Waals surface area contributed by atoms with Crippen molar-refractivity contribution in [3.05, 3.63) is 35.9 Å². The third-order valence-corrected chi connectivity index (χ3v) is 4.36. The molecule has 1 heterocycles. The quantitative estimate of drug-likeness (QED) is 0.776. The first-order chi connectivity index (χ1) is 11.3. The maximum atomic E-state index is 11.8. The van der Waals surface area contributed by atoms with Crippen LogP contribution in [0.3, 0.4) is 0 Å². The minimum Gasteiger partial charge on any atom is -0.387 e. The number of likely N-dealkylation sites (tertiary alicyclic amines) is 1. The predicted molar refractivity (Wildman–Crippen MR) is 96.9 cm³/mol. The number of hydrogen-bond acceptors (Lipinski definition) is 3. The van der Waals surface area contributed by atoms with Crippen molar-refractivity contribution in [1.29, 1.82) is 0 Å². The average Bonchev–Trinajstić information content (AvgIpc) is 2.53. The van der Waals surface area contributed by atoms with Crippen LogP contribution in [-0.4, -0.2) is 47.8 Å². The van der Waals surface area contributed by atoms with Gasteiger partial charge in [-0.25, -0.2) is 4.79 Å². The normalized spacial score (nSPS) is 18.2. The van der Waals surface area contributed by atoms with Gasteiger partial charge in [-0.3, -0.25) is 0 Å². The first-order valence-electron chi connectivity index (χ1n) is 8.85. The summed E-state index contributed by atoms with van der Waals surface area (Å²) >= 11 is 0.